The van der Waals surface area contributed by atoms with E-state index in [1.807, 2.05) is 7.05 Å². The van der Waals surface area contributed by atoms with E-state index in [0.717, 1.165) is 0 Å². The lowest BCUT2D eigenvalue weighted by Crippen LogP contribution is -2.33. The van der Waals surface area contributed by atoms with E-state index < -0.39 is 0 Å². The van der Waals surface area contributed by atoms with Crippen LogP contribution in [0.2, 0.25) is 0 Å². The van der Waals surface area contributed by atoms with E-state index in [1.165, 1.54) is 11.1 Å². The Morgan fingerprint density at radius 1 is 1.28 bits per heavy atom. The van der Waals surface area contributed by atoms with Crippen molar-refractivity contribution in [2.75, 3.05) is 20.6 Å². The number of nitrogens with one attached hydrogen (secondary N) is 1. The van der Waals surface area contributed by atoms with Gasteiger partial charge in [0.1, 0.15) is 0 Å². The molecule has 0 aliphatic carbocycles. The SMILES string of the molecule is CNCC(=O)N(C)Cc1ccc(C(C)C)cc1.Cl. The summed E-state index contributed by atoms with van der Waals surface area (Å²) in [5.74, 6) is 0.660. The smallest absolute Gasteiger partial charge is 0.236 e. The summed E-state index contributed by atoms with van der Waals surface area (Å²) < 4.78 is 0. The van der Waals surface area contributed by atoms with Crippen molar-refractivity contribution in [1.82, 2.24) is 10.2 Å². The molecule has 3 nitrogen and oxygen atoms in total. The van der Waals surface area contributed by atoms with Gasteiger partial charge in [-0.15, -0.1) is 12.4 Å². The van der Waals surface area contributed by atoms with Crippen LogP contribution in [0.4, 0.5) is 0 Å². The zero-order valence-electron chi connectivity index (χ0n) is 11.6. The maximum Gasteiger partial charge on any atom is 0.236 e. The van der Waals surface area contributed by atoms with Crippen molar-refractivity contribution >= 4 is 18.3 Å². The average molecular weight is 271 g/mol. The second-order valence-electron chi connectivity index (χ2n) is 4.68. The number of hydrogen-bond donors (Lipinski definition) is 1. The number of benzene rings is 1. The van der Waals surface area contributed by atoms with Crippen molar-refractivity contribution in [3.63, 3.8) is 0 Å². The molecule has 0 saturated carbocycles. The third-order valence-electron chi connectivity index (χ3n) is 2.82. The maximum absolute atomic E-state index is 11.6. The average Bonchev–Trinajstić information content (AvgIpc) is 2.30. The molecule has 0 bridgehead atoms. The van der Waals surface area contributed by atoms with Gasteiger partial charge in [-0.3, -0.25) is 4.79 Å². The zero-order valence-corrected chi connectivity index (χ0v) is 12.4. The number of nitrogens with zero attached hydrogens (tertiary/aromatic N) is 1. The quantitative estimate of drug-likeness (QED) is 0.891. The molecule has 4 heteroatoms. The van der Waals surface area contributed by atoms with Crippen molar-refractivity contribution in [2.45, 2.75) is 26.3 Å². The molecule has 102 valence electrons. The summed E-state index contributed by atoms with van der Waals surface area (Å²) in [6.07, 6.45) is 0. The number of halogens is 1. The van der Waals surface area contributed by atoms with E-state index in [4.69, 9.17) is 0 Å². The predicted octanol–water partition coefficient (Wildman–Crippen LogP) is 2.41. The summed E-state index contributed by atoms with van der Waals surface area (Å²) in [5, 5.41) is 2.87. The van der Waals surface area contributed by atoms with Crippen LogP contribution in [0, 0.1) is 0 Å². The topological polar surface area (TPSA) is 32.3 Å². The summed E-state index contributed by atoms with van der Waals surface area (Å²) in [6, 6.07) is 8.46. The van der Waals surface area contributed by atoms with Gasteiger partial charge in [0.15, 0.2) is 0 Å². The normalized spacial score (nSPS) is 10.1. The van der Waals surface area contributed by atoms with Crippen LogP contribution in [0.25, 0.3) is 0 Å². The molecule has 0 aliphatic heterocycles. The van der Waals surface area contributed by atoms with Gasteiger partial charge in [-0.05, 0) is 24.1 Å². The monoisotopic (exact) mass is 270 g/mol. The lowest BCUT2D eigenvalue weighted by atomic mass is 10.0. The highest BCUT2D eigenvalue weighted by molar-refractivity contribution is 5.85. The van der Waals surface area contributed by atoms with Gasteiger partial charge >= 0.3 is 0 Å². The van der Waals surface area contributed by atoms with Crippen molar-refractivity contribution in [2.24, 2.45) is 0 Å². The molecule has 0 heterocycles. The molecule has 1 rings (SSSR count). The molecule has 0 unspecified atom stereocenters. The first kappa shape index (κ1) is 16.9. The van der Waals surface area contributed by atoms with Gasteiger partial charge in [0.2, 0.25) is 5.91 Å². The molecule has 0 radical (unpaired) electrons. The highest BCUT2D eigenvalue weighted by Crippen LogP contribution is 2.15. The first-order valence-corrected chi connectivity index (χ1v) is 6.02. The van der Waals surface area contributed by atoms with Gasteiger partial charge in [0, 0.05) is 13.6 Å². The minimum absolute atomic E-state index is 0. The molecule has 0 fully saturated rings. The molecule has 0 atom stereocenters. The van der Waals surface area contributed by atoms with Crippen LogP contribution in [0.1, 0.15) is 30.9 Å². The van der Waals surface area contributed by atoms with Crippen molar-refractivity contribution in [3.05, 3.63) is 35.4 Å². The summed E-state index contributed by atoms with van der Waals surface area (Å²) in [6.45, 7) is 5.41. The second kappa shape index (κ2) is 8.11. The number of carbonyl (C=O) groups excluding carboxylic acids is 1. The van der Waals surface area contributed by atoms with Crippen LogP contribution in [0.15, 0.2) is 24.3 Å². The first-order valence-electron chi connectivity index (χ1n) is 6.02. The highest BCUT2D eigenvalue weighted by Gasteiger charge is 2.07. The van der Waals surface area contributed by atoms with Gasteiger partial charge in [0.05, 0.1) is 6.54 Å². The third kappa shape index (κ3) is 5.07. The fourth-order valence-electron chi connectivity index (χ4n) is 1.66. The Morgan fingerprint density at radius 3 is 2.28 bits per heavy atom. The number of rotatable bonds is 5. The third-order valence-corrected chi connectivity index (χ3v) is 2.82. The van der Waals surface area contributed by atoms with Crippen molar-refractivity contribution in [3.8, 4) is 0 Å². The number of carbonyl (C=O) groups is 1. The molecular formula is C14H23ClN2O. The fraction of sp³-hybridized carbons (Fsp3) is 0.500. The summed E-state index contributed by atoms with van der Waals surface area (Å²) in [7, 11) is 3.61. The Labute approximate surface area is 116 Å². The fourth-order valence-corrected chi connectivity index (χ4v) is 1.66. The van der Waals surface area contributed by atoms with Gasteiger partial charge < -0.3 is 10.2 Å². The lowest BCUT2D eigenvalue weighted by Gasteiger charge is -2.17. The highest BCUT2D eigenvalue weighted by atomic mass is 35.5. The number of likely N-dealkylation sites (N-methyl/N-ethyl adjacent to an activating group) is 2. The number of amides is 1. The Kier molecular flexibility index (Phi) is 7.64. The summed E-state index contributed by atoms with van der Waals surface area (Å²) in [4.78, 5) is 13.3. The van der Waals surface area contributed by atoms with Gasteiger partial charge in [-0.2, -0.15) is 0 Å². The molecular weight excluding hydrogens is 248 g/mol. The summed E-state index contributed by atoms with van der Waals surface area (Å²) >= 11 is 0. The van der Waals surface area contributed by atoms with Gasteiger partial charge in [0.25, 0.3) is 0 Å². The molecule has 1 aromatic carbocycles. The molecule has 1 N–H and O–H groups in total. The van der Waals surface area contributed by atoms with E-state index >= 15 is 0 Å². The minimum atomic E-state index is 0. The molecule has 18 heavy (non-hydrogen) atoms. The molecule has 0 spiro atoms. The first-order chi connectivity index (χ1) is 8.04. The van der Waals surface area contributed by atoms with Crippen LogP contribution in [-0.2, 0) is 11.3 Å². The molecule has 1 aromatic rings. The van der Waals surface area contributed by atoms with Crippen LogP contribution in [0.3, 0.4) is 0 Å². The standard InChI is InChI=1S/C14H22N2O.ClH/c1-11(2)13-7-5-12(6-8-13)10-16(4)14(17)9-15-3;/h5-8,11,15H,9-10H2,1-4H3;1H. The summed E-state index contributed by atoms with van der Waals surface area (Å²) in [5.41, 5.74) is 2.50. The van der Waals surface area contributed by atoms with E-state index in [2.05, 4.69) is 43.4 Å². The molecule has 0 aliphatic rings. The number of hydrogen-bond acceptors (Lipinski definition) is 2. The Hall–Kier alpha value is -1.06. The lowest BCUT2D eigenvalue weighted by molar-refractivity contribution is -0.129. The minimum Gasteiger partial charge on any atom is -0.340 e. The molecule has 1 amide bonds. The van der Waals surface area contributed by atoms with Crippen LogP contribution in [-0.4, -0.2) is 31.4 Å². The van der Waals surface area contributed by atoms with Gasteiger partial charge in [-0.1, -0.05) is 38.1 Å². The van der Waals surface area contributed by atoms with E-state index in [1.54, 1.807) is 11.9 Å². The van der Waals surface area contributed by atoms with E-state index in [9.17, 15) is 4.79 Å². The van der Waals surface area contributed by atoms with E-state index in [-0.39, 0.29) is 18.3 Å². The van der Waals surface area contributed by atoms with E-state index in [0.29, 0.717) is 19.0 Å². The van der Waals surface area contributed by atoms with Crippen molar-refractivity contribution in [1.29, 1.82) is 0 Å². The largest absolute Gasteiger partial charge is 0.340 e. The van der Waals surface area contributed by atoms with Crippen molar-refractivity contribution < 1.29 is 4.79 Å². The Bertz CT molecular complexity index is 363. The van der Waals surface area contributed by atoms with Gasteiger partial charge in [-0.25, -0.2) is 0 Å². The molecule has 0 saturated heterocycles. The van der Waals surface area contributed by atoms with Crippen LogP contribution >= 0.6 is 12.4 Å². The van der Waals surface area contributed by atoms with Crippen LogP contribution in [0.5, 0.6) is 0 Å². The van der Waals surface area contributed by atoms with Crippen LogP contribution < -0.4 is 5.32 Å². The maximum atomic E-state index is 11.6. The second-order valence-corrected chi connectivity index (χ2v) is 4.68. The zero-order chi connectivity index (χ0) is 12.8. The predicted molar refractivity (Wildman–Crippen MR) is 78.2 cm³/mol. The Balaban J connectivity index is 0.00000289. The molecule has 0 aromatic heterocycles. The Morgan fingerprint density at radius 2 is 1.83 bits per heavy atom.